The molecular formula is C16H16ClN3O3S. The Morgan fingerprint density at radius 2 is 1.96 bits per heavy atom. The van der Waals surface area contributed by atoms with E-state index in [9.17, 15) is 9.59 Å². The summed E-state index contributed by atoms with van der Waals surface area (Å²) in [6.45, 7) is 4.00. The van der Waals surface area contributed by atoms with E-state index in [1.165, 1.54) is 11.3 Å². The van der Waals surface area contributed by atoms with Crippen molar-refractivity contribution in [3.05, 3.63) is 45.6 Å². The quantitative estimate of drug-likeness (QED) is 0.484. The predicted octanol–water partition coefficient (Wildman–Crippen LogP) is 3.28. The minimum absolute atomic E-state index is 0.422. The fraction of sp³-hybridized carbons (Fsp3) is 0.188. The van der Waals surface area contributed by atoms with Gasteiger partial charge in [-0.05, 0) is 38.1 Å². The monoisotopic (exact) mass is 365 g/mol. The smallest absolute Gasteiger partial charge is 0.329 e. The number of nitrogens with zero attached hydrogens (tertiary/aromatic N) is 1. The molecule has 24 heavy (non-hydrogen) atoms. The average Bonchev–Trinajstić information content (AvgIpc) is 3.01. The maximum Gasteiger partial charge on any atom is 0.329 e. The van der Waals surface area contributed by atoms with Gasteiger partial charge in [-0.2, -0.15) is 5.10 Å². The van der Waals surface area contributed by atoms with Crippen LogP contribution in [0.2, 0.25) is 4.34 Å². The lowest BCUT2D eigenvalue weighted by Crippen LogP contribution is -2.33. The van der Waals surface area contributed by atoms with Crippen molar-refractivity contribution in [2.75, 3.05) is 11.9 Å². The van der Waals surface area contributed by atoms with Crippen LogP contribution in [0, 0.1) is 0 Å². The number of carbonyl (C=O) groups is 2. The van der Waals surface area contributed by atoms with Gasteiger partial charge in [-0.1, -0.05) is 23.7 Å². The molecule has 6 nitrogen and oxygen atoms in total. The standard InChI is InChI=1S/C16H16ClN3O3S/c1-3-23-12-7-5-4-6-11(12)18-15(21)16(22)20-19-10(2)13-8-9-14(17)24-13/h4-9H,3H2,1-2H3,(H,18,21)(H,20,22)/b19-10+. The maximum atomic E-state index is 12.0. The molecule has 1 aromatic carbocycles. The summed E-state index contributed by atoms with van der Waals surface area (Å²) in [4.78, 5) is 24.6. The molecule has 0 saturated heterocycles. The highest BCUT2D eigenvalue weighted by molar-refractivity contribution is 7.18. The van der Waals surface area contributed by atoms with Gasteiger partial charge < -0.3 is 10.1 Å². The van der Waals surface area contributed by atoms with Crippen molar-refractivity contribution < 1.29 is 14.3 Å². The Bertz CT molecular complexity index is 773. The van der Waals surface area contributed by atoms with Crippen LogP contribution in [0.5, 0.6) is 5.75 Å². The van der Waals surface area contributed by atoms with Crippen molar-refractivity contribution in [2.45, 2.75) is 13.8 Å². The molecule has 0 atom stereocenters. The van der Waals surface area contributed by atoms with Crippen molar-refractivity contribution in [1.82, 2.24) is 5.43 Å². The molecule has 0 saturated carbocycles. The number of para-hydroxylation sites is 2. The Balaban J connectivity index is 1.99. The van der Waals surface area contributed by atoms with Gasteiger partial charge in [0.25, 0.3) is 0 Å². The lowest BCUT2D eigenvalue weighted by Gasteiger charge is -2.10. The van der Waals surface area contributed by atoms with Crippen LogP contribution >= 0.6 is 22.9 Å². The molecule has 2 amide bonds. The molecule has 1 heterocycles. The first-order valence-corrected chi connectivity index (χ1v) is 8.34. The number of carbonyl (C=O) groups excluding carboxylic acids is 2. The Hall–Kier alpha value is -2.38. The first kappa shape index (κ1) is 18.0. The summed E-state index contributed by atoms with van der Waals surface area (Å²) in [5.41, 5.74) is 3.20. The zero-order valence-corrected chi connectivity index (χ0v) is 14.7. The minimum atomic E-state index is -0.872. The van der Waals surface area contributed by atoms with Crippen LogP contribution in [0.4, 0.5) is 5.69 Å². The van der Waals surface area contributed by atoms with Gasteiger partial charge in [-0.15, -0.1) is 11.3 Å². The van der Waals surface area contributed by atoms with Gasteiger partial charge in [-0.25, -0.2) is 5.43 Å². The average molecular weight is 366 g/mol. The number of benzene rings is 1. The van der Waals surface area contributed by atoms with Gasteiger partial charge in [0, 0.05) is 0 Å². The van der Waals surface area contributed by atoms with E-state index in [1.807, 2.05) is 6.92 Å². The highest BCUT2D eigenvalue weighted by Gasteiger charge is 2.15. The van der Waals surface area contributed by atoms with Crippen LogP contribution in [0.25, 0.3) is 0 Å². The van der Waals surface area contributed by atoms with Gasteiger partial charge in [-0.3, -0.25) is 9.59 Å². The number of anilines is 1. The number of amides is 2. The normalized spacial score (nSPS) is 11.0. The largest absolute Gasteiger partial charge is 0.492 e. The second kappa shape index (κ2) is 8.47. The first-order valence-electron chi connectivity index (χ1n) is 7.14. The Kier molecular flexibility index (Phi) is 6.34. The summed E-state index contributed by atoms with van der Waals surface area (Å²) in [6.07, 6.45) is 0. The van der Waals surface area contributed by atoms with Crippen molar-refractivity contribution in [2.24, 2.45) is 5.10 Å². The third kappa shape index (κ3) is 4.81. The van der Waals surface area contributed by atoms with Crippen molar-refractivity contribution in [3.63, 3.8) is 0 Å². The molecule has 0 aliphatic rings. The van der Waals surface area contributed by atoms with Gasteiger partial charge in [0.05, 0.1) is 27.2 Å². The number of ether oxygens (including phenoxy) is 1. The molecule has 0 aliphatic carbocycles. The molecule has 2 aromatic rings. The van der Waals surface area contributed by atoms with Gasteiger partial charge in [0.1, 0.15) is 5.75 Å². The van der Waals surface area contributed by atoms with Crippen LogP contribution in [-0.4, -0.2) is 24.1 Å². The molecule has 126 valence electrons. The number of nitrogens with one attached hydrogen (secondary N) is 2. The number of halogens is 1. The number of thiophene rings is 1. The Morgan fingerprint density at radius 1 is 1.21 bits per heavy atom. The third-order valence-corrected chi connectivity index (χ3v) is 4.24. The summed E-state index contributed by atoms with van der Waals surface area (Å²) in [5.74, 6) is -1.21. The number of hydrazone groups is 1. The summed E-state index contributed by atoms with van der Waals surface area (Å²) in [5, 5.41) is 6.40. The van der Waals surface area contributed by atoms with E-state index in [2.05, 4.69) is 15.8 Å². The molecule has 0 bridgehead atoms. The Morgan fingerprint density at radius 3 is 2.62 bits per heavy atom. The number of hydrogen-bond acceptors (Lipinski definition) is 5. The molecule has 2 N–H and O–H groups in total. The molecule has 8 heteroatoms. The molecular weight excluding hydrogens is 350 g/mol. The summed E-state index contributed by atoms with van der Waals surface area (Å²) >= 11 is 7.18. The van der Waals surface area contributed by atoms with E-state index >= 15 is 0 Å². The van der Waals surface area contributed by atoms with Crippen LogP contribution in [0.1, 0.15) is 18.7 Å². The number of rotatable bonds is 5. The first-order chi connectivity index (χ1) is 11.5. The molecule has 0 radical (unpaired) electrons. The van der Waals surface area contributed by atoms with Crippen LogP contribution in [0.3, 0.4) is 0 Å². The van der Waals surface area contributed by atoms with Gasteiger partial charge in [0.15, 0.2) is 0 Å². The fourth-order valence-corrected chi connectivity index (χ4v) is 2.77. The van der Waals surface area contributed by atoms with E-state index in [0.29, 0.717) is 28.1 Å². The SMILES string of the molecule is CCOc1ccccc1NC(=O)C(=O)N/N=C(\C)c1ccc(Cl)s1. The van der Waals surface area contributed by atoms with E-state index in [4.69, 9.17) is 16.3 Å². The second-order valence-electron chi connectivity index (χ2n) is 4.63. The molecule has 0 fully saturated rings. The van der Waals surface area contributed by atoms with E-state index < -0.39 is 11.8 Å². The second-order valence-corrected chi connectivity index (χ2v) is 6.34. The summed E-state index contributed by atoms with van der Waals surface area (Å²) in [6, 6.07) is 10.4. The molecule has 0 unspecified atom stereocenters. The van der Waals surface area contributed by atoms with E-state index in [-0.39, 0.29) is 0 Å². The zero-order chi connectivity index (χ0) is 17.5. The third-order valence-electron chi connectivity index (χ3n) is 2.90. The highest BCUT2D eigenvalue weighted by Crippen LogP contribution is 2.23. The fourth-order valence-electron chi connectivity index (χ4n) is 1.78. The summed E-state index contributed by atoms with van der Waals surface area (Å²) in [7, 11) is 0. The predicted molar refractivity (Wildman–Crippen MR) is 95.9 cm³/mol. The van der Waals surface area contributed by atoms with E-state index in [1.54, 1.807) is 43.3 Å². The highest BCUT2D eigenvalue weighted by atomic mass is 35.5. The van der Waals surface area contributed by atoms with Crippen molar-refractivity contribution >= 4 is 46.2 Å². The van der Waals surface area contributed by atoms with Gasteiger partial charge in [0.2, 0.25) is 0 Å². The lowest BCUT2D eigenvalue weighted by molar-refractivity contribution is -0.136. The van der Waals surface area contributed by atoms with Crippen molar-refractivity contribution in [1.29, 1.82) is 0 Å². The molecule has 2 rings (SSSR count). The Labute approximate surface area is 148 Å². The lowest BCUT2D eigenvalue weighted by atomic mass is 10.3. The van der Waals surface area contributed by atoms with Crippen LogP contribution in [0.15, 0.2) is 41.5 Å². The van der Waals surface area contributed by atoms with Crippen LogP contribution < -0.4 is 15.5 Å². The molecule has 0 aliphatic heterocycles. The van der Waals surface area contributed by atoms with Crippen LogP contribution in [-0.2, 0) is 9.59 Å². The molecule has 0 spiro atoms. The van der Waals surface area contributed by atoms with Crippen molar-refractivity contribution in [3.8, 4) is 5.75 Å². The topological polar surface area (TPSA) is 79.8 Å². The van der Waals surface area contributed by atoms with E-state index in [0.717, 1.165) is 4.88 Å². The minimum Gasteiger partial charge on any atom is -0.492 e. The zero-order valence-electron chi connectivity index (χ0n) is 13.1. The van der Waals surface area contributed by atoms with Gasteiger partial charge >= 0.3 is 11.8 Å². The number of hydrogen-bond donors (Lipinski definition) is 2. The molecule has 1 aromatic heterocycles. The maximum absolute atomic E-state index is 12.0. The summed E-state index contributed by atoms with van der Waals surface area (Å²) < 4.78 is 6.01.